The van der Waals surface area contributed by atoms with Crippen LogP contribution in [0.15, 0.2) is 0 Å². The average Bonchev–Trinajstić information content (AvgIpc) is 1.88. The van der Waals surface area contributed by atoms with Crippen LogP contribution in [0.5, 0.6) is 0 Å². The minimum atomic E-state index is -0.422. The molecule has 1 aliphatic rings. The smallest absolute Gasteiger partial charge is 0.0621 e. The summed E-state index contributed by atoms with van der Waals surface area (Å²) in [6.45, 7) is 1.90. The van der Waals surface area contributed by atoms with Crippen LogP contribution in [0.25, 0.3) is 0 Å². The molecular weight excluding hydrogens is 128 g/mol. The molecule has 2 nitrogen and oxygen atoms in total. The van der Waals surface area contributed by atoms with Gasteiger partial charge in [-0.15, -0.1) is 0 Å². The molecule has 0 spiro atoms. The van der Waals surface area contributed by atoms with Gasteiger partial charge in [0.25, 0.3) is 0 Å². The SMILES string of the molecule is COC1CCC(C)(O)CC1. The summed E-state index contributed by atoms with van der Waals surface area (Å²) in [6.07, 6.45) is 4.16. The maximum absolute atomic E-state index is 9.53. The molecule has 1 aliphatic carbocycles. The lowest BCUT2D eigenvalue weighted by Gasteiger charge is -2.32. The minimum Gasteiger partial charge on any atom is -0.390 e. The number of hydrogen-bond donors (Lipinski definition) is 1. The van der Waals surface area contributed by atoms with Crippen LogP contribution in [0.1, 0.15) is 32.6 Å². The molecule has 0 unspecified atom stereocenters. The molecule has 10 heavy (non-hydrogen) atoms. The lowest BCUT2D eigenvalue weighted by molar-refractivity contribution is -0.0311. The van der Waals surface area contributed by atoms with Gasteiger partial charge in [-0.2, -0.15) is 0 Å². The molecule has 1 N–H and O–H groups in total. The number of rotatable bonds is 1. The van der Waals surface area contributed by atoms with Gasteiger partial charge in [-0.1, -0.05) is 0 Å². The number of ether oxygens (including phenoxy) is 1. The lowest BCUT2D eigenvalue weighted by atomic mass is 9.85. The quantitative estimate of drug-likeness (QED) is 0.601. The minimum absolute atomic E-state index is 0.389. The molecule has 60 valence electrons. The van der Waals surface area contributed by atoms with E-state index in [2.05, 4.69) is 0 Å². The van der Waals surface area contributed by atoms with E-state index in [1.165, 1.54) is 0 Å². The highest BCUT2D eigenvalue weighted by molar-refractivity contribution is 4.81. The zero-order valence-electron chi connectivity index (χ0n) is 6.76. The number of aliphatic hydroxyl groups is 1. The number of hydrogen-bond acceptors (Lipinski definition) is 2. The first-order chi connectivity index (χ1) is 4.64. The fraction of sp³-hybridized carbons (Fsp3) is 1.00. The van der Waals surface area contributed by atoms with Crippen molar-refractivity contribution in [2.45, 2.75) is 44.3 Å². The maximum Gasteiger partial charge on any atom is 0.0621 e. The van der Waals surface area contributed by atoms with Crippen molar-refractivity contribution in [1.29, 1.82) is 0 Å². The Morgan fingerprint density at radius 2 is 1.90 bits per heavy atom. The van der Waals surface area contributed by atoms with Gasteiger partial charge in [0, 0.05) is 7.11 Å². The Kier molecular flexibility index (Phi) is 2.32. The summed E-state index contributed by atoms with van der Waals surface area (Å²) in [5.41, 5.74) is -0.422. The van der Waals surface area contributed by atoms with Gasteiger partial charge in [0.2, 0.25) is 0 Å². The van der Waals surface area contributed by atoms with E-state index in [-0.39, 0.29) is 0 Å². The lowest BCUT2D eigenvalue weighted by Crippen LogP contribution is -2.33. The molecule has 0 amide bonds. The van der Waals surface area contributed by atoms with E-state index < -0.39 is 5.60 Å². The van der Waals surface area contributed by atoms with Gasteiger partial charge in [-0.25, -0.2) is 0 Å². The second-order valence-electron chi connectivity index (χ2n) is 3.43. The van der Waals surface area contributed by atoms with Gasteiger partial charge in [0.15, 0.2) is 0 Å². The molecule has 0 aromatic rings. The largest absolute Gasteiger partial charge is 0.390 e. The Hall–Kier alpha value is -0.0800. The van der Waals surface area contributed by atoms with Crippen molar-refractivity contribution in [3.05, 3.63) is 0 Å². The molecule has 0 aromatic carbocycles. The molecule has 1 rings (SSSR count). The number of methoxy groups -OCH3 is 1. The van der Waals surface area contributed by atoms with E-state index in [1.807, 2.05) is 6.92 Å². The molecule has 0 bridgehead atoms. The van der Waals surface area contributed by atoms with Crippen LogP contribution in [0, 0.1) is 0 Å². The summed E-state index contributed by atoms with van der Waals surface area (Å²) in [7, 11) is 1.74. The summed E-state index contributed by atoms with van der Waals surface area (Å²) in [6, 6.07) is 0. The van der Waals surface area contributed by atoms with Gasteiger partial charge in [-0.05, 0) is 32.6 Å². The predicted molar refractivity (Wildman–Crippen MR) is 39.9 cm³/mol. The van der Waals surface area contributed by atoms with Crippen LogP contribution in [0.4, 0.5) is 0 Å². The van der Waals surface area contributed by atoms with Crippen molar-refractivity contribution < 1.29 is 9.84 Å². The summed E-state index contributed by atoms with van der Waals surface area (Å²) >= 11 is 0. The van der Waals surface area contributed by atoms with Crippen molar-refractivity contribution in [2.75, 3.05) is 7.11 Å². The molecule has 0 radical (unpaired) electrons. The first kappa shape index (κ1) is 8.02. The Morgan fingerprint density at radius 3 is 2.30 bits per heavy atom. The predicted octanol–water partition coefficient (Wildman–Crippen LogP) is 1.33. The summed E-state index contributed by atoms with van der Waals surface area (Å²) in [5, 5.41) is 9.53. The summed E-state index contributed by atoms with van der Waals surface area (Å²) < 4.78 is 5.17. The molecule has 0 aromatic heterocycles. The van der Waals surface area contributed by atoms with E-state index in [1.54, 1.807) is 7.11 Å². The van der Waals surface area contributed by atoms with E-state index in [9.17, 15) is 5.11 Å². The highest BCUT2D eigenvalue weighted by Gasteiger charge is 2.28. The zero-order valence-corrected chi connectivity index (χ0v) is 6.76. The summed E-state index contributed by atoms with van der Waals surface area (Å²) in [5.74, 6) is 0. The average molecular weight is 144 g/mol. The Balaban J connectivity index is 2.31. The Labute approximate surface area is 62.2 Å². The first-order valence-corrected chi connectivity index (χ1v) is 3.89. The van der Waals surface area contributed by atoms with E-state index >= 15 is 0 Å². The molecule has 0 aliphatic heterocycles. The van der Waals surface area contributed by atoms with Crippen molar-refractivity contribution in [3.63, 3.8) is 0 Å². The van der Waals surface area contributed by atoms with Crippen molar-refractivity contribution in [2.24, 2.45) is 0 Å². The van der Waals surface area contributed by atoms with Crippen LogP contribution in [0.2, 0.25) is 0 Å². The standard InChI is InChI=1S/C8H16O2/c1-8(9)5-3-7(10-2)4-6-8/h7,9H,3-6H2,1-2H3. The Bertz CT molecular complexity index is 99.8. The third kappa shape index (κ3) is 1.96. The molecule has 1 fully saturated rings. The summed E-state index contributed by atoms with van der Waals surface area (Å²) in [4.78, 5) is 0. The second kappa shape index (κ2) is 2.89. The van der Waals surface area contributed by atoms with Gasteiger partial charge in [-0.3, -0.25) is 0 Å². The molecule has 0 saturated heterocycles. The van der Waals surface area contributed by atoms with E-state index in [0.29, 0.717) is 6.10 Å². The van der Waals surface area contributed by atoms with Crippen LogP contribution < -0.4 is 0 Å². The maximum atomic E-state index is 9.53. The fourth-order valence-electron chi connectivity index (χ4n) is 1.45. The van der Waals surface area contributed by atoms with Crippen molar-refractivity contribution in [1.82, 2.24) is 0 Å². The monoisotopic (exact) mass is 144 g/mol. The van der Waals surface area contributed by atoms with Gasteiger partial charge in [0.05, 0.1) is 11.7 Å². The van der Waals surface area contributed by atoms with Gasteiger partial charge < -0.3 is 9.84 Å². The zero-order chi connectivity index (χ0) is 7.61. The molecule has 0 atom stereocenters. The van der Waals surface area contributed by atoms with Crippen LogP contribution in [-0.4, -0.2) is 23.9 Å². The van der Waals surface area contributed by atoms with Gasteiger partial charge >= 0.3 is 0 Å². The third-order valence-corrected chi connectivity index (χ3v) is 2.34. The topological polar surface area (TPSA) is 29.5 Å². The fourth-order valence-corrected chi connectivity index (χ4v) is 1.45. The molecule has 0 heterocycles. The van der Waals surface area contributed by atoms with Crippen LogP contribution in [-0.2, 0) is 4.74 Å². The van der Waals surface area contributed by atoms with Crippen LogP contribution in [0.3, 0.4) is 0 Å². The Morgan fingerprint density at radius 1 is 1.40 bits per heavy atom. The van der Waals surface area contributed by atoms with E-state index in [0.717, 1.165) is 25.7 Å². The third-order valence-electron chi connectivity index (χ3n) is 2.34. The van der Waals surface area contributed by atoms with Crippen LogP contribution >= 0.6 is 0 Å². The molecule has 1 saturated carbocycles. The van der Waals surface area contributed by atoms with Crippen molar-refractivity contribution >= 4 is 0 Å². The normalized spacial score (nSPS) is 41.7. The van der Waals surface area contributed by atoms with E-state index in [4.69, 9.17) is 4.74 Å². The van der Waals surface area contributed by atoms with Gasteiger partial charge in [0.1, 0.15) is 0 Å². The first-order valence-electron chi connectivity index (χ1n) is 3.89. The highest BCUT2D eigenvalue weighted by Crippen LogP contribution is 2.28. The van der Waals surface area contributed by atoms with Crippen molar-refractivity contribution in [3.8, 4) is 0 Å². The molecular formula is C8H16O2. The highest BCUT2D eigenvalue weighted by atomic mass is 16.5. The molecule has 2 heteroatoms. The second-order valence-corrected chi connectivity index (χ2v) is 3.43.